The molecule has 0 atom stereocenters. The molecule has 0 aliphatic rings. The van der Waals surface area contributed by atoms with Crippen LogP contribution >= 0.6 is 11.6 Å². The summed E-state index contributed by atoms with van der Waals surface area (Å²) >= 11 is 6.02. The van der Waals surface area contributed by atoms with E-state index < -0.39 is 11.8 Å². The molecule has 3 rings (SSSR count). The van der Waals surface area contributed by atoms with E-state index in [0.717, 1.165) is 12.0 Å². The Labute approximate surface area is 202 Å². The van der Waals surface area contributed by atoms with Gasteiger partial charge in [-0.3, -0.25) is 14.4 Å². The zero-order chi connectivity index (χ0) is 24.3. The largest absolute Gasteiger partial charge is 0.484 e. The average molecular weight is 479 g/mol. The maximum Gasteiger partial charge on any atom is 0.329 e. The average Bonchev–Trinajstić information content (AvgIpc) is 2.85. The minimum absolute atomic E-state index is 0.220. The van der Waals surface area contributed by atoms with Crippen LogP contribution in [0.1, 0.15) is 18.1 Å². The fraction of sp³-hybridized carbons (Fsp3) is 0.120. The van der Waals surface area contributed by atoms with Crippen LogP contribution in [0.25, 0.3) is 0 Å². The Bertz CT molecular complexity index is 1200. The van der Waals surface area contributed by atoms with Crippen molar-refractivity contribution in [2.45, 2.75) is 13.3 Å². The molecule has 0 aliphatic carbocycles. The number of halogens is 1. The van der Waals surface area contributed by atoms with Crippen molar-refractivity contribution in [3.05, 3.63) is 88.9 Å². The van der Waals surface area contributed by atoms with Crippen molar-refractivity contribution in [1.82, 2.24) is 5.43 Å². The van der Waals surface area contributed by atoms with Gasteiger partial charge in [0.2, 0.25) is 0 Å². The first kappa shape index (κ1) is 24.5. The molecule has 3 aromatic carbocycles. The van der Waals surface area contributed by atoms with Crippen LogP contribution < -0.4 is 20.8 Å². The van der Waals surface area contributed by atoms with Crippen LogP contribution in [-0.4, -0.2) is 30.5 Å². The summed E-state index contributed by atoms with van der Waals surface area (Å²) < 4.78 is 5.50. The minimum atomic E-state index is -0.903. The first-order valence-electron chi connectivity index (χ1n) is 10.4. The molecule has 0 heterocycles. The van der Waals surface area contributed by atoms with Gasteiger partial charge < -0.3 is 15.4 Å². The first-order chi connectivity index (χ1) is 16.4. The molecular formula is C25H23ClN4O4. The van der Waals surface area contributed by atoms with E-state index in [1.54, 1.807) is 60.7 Å². The Hall–Kier alpha value is -4.17. The highest BCUT2D eigenvalue weighted by Crippen LogP contribution is 2.20. The third kappa shape index (κ3) is 7.46. The van der Waals surface area contributed by atoms with E-state index in [2.05, 4.69) is 21.2 Å². The molecule has 0 aliphatic heterocycles. The second kappa shape index (κ2) is 12.2. The predicted molar refractivity (Wildman–Crippen MR) is 132 cm³/mol. The summed E-state index contributed by atoms with van der Waals surface area (Å²) in [4.78, 5) is 36.1. The van der Waals surface area contributed by atoms with Crippen molar-refractivity contribution in [3.8, 4) is 5.75 Å². The molecule has 0 saturated carbocycles. The molecule has 3 N–H and O–H groups in total. The molecule has 3 aromatic rings. The van der Waals surface area contributed by atoms with E-state index in [1.807, 2.05) is 19.1 Å². The molecule has 0 radical (unpaired) electrons. The Kier molecular flexibility index (Phi) is 8.76. The number of hydrogen-bond acceptors (Lipinski definition) is 5. The Morgan fingerprint density at radius 3 is 2.44 bits per heavy atom. The molecule has 0 aromatic heterocycles. The van der Waals surface area contributed by atoms with Crippen LogP contribution in [0.5, 0.6) is 5.75 Å². The van der Waals surface area contributed by atoms with Crippen molar-refractivity contribution in [1.29, 1.82) is 0 Å². The summed E-state index contributed by atoms with van der Waals surface area (Å²) in [5.74, 6) is -1.67. The van der Waals surface area contributed by atoms with Gasteiger partial charge in [-0.1, -0.05) is 54.9 Å². The molecule has 34 heavy (non-hydrogen) atoms. The molecule has 0 unspecified atom stereocenters. The van der Waals surface area contributed by atoms with Crippen LogP contribution in [0.4, 0.5) is 11.4 Å². The van der Waals surface area contributed by atoms with Crippen molar-refractivity contribution in [2.24, 2.45) is 5.10 Å². The lowest BCUT2D eigenvalue weighted by molar-refractivity contribution is -0.136. The number of carbonyl (C=O) groups is 3. The zero-order valence-corrected chi connectivity index (χ0v) is 19.1. The quantitative estimate of drug-likeness (QED) is 0.258. The van der Waals surface area contributed by atoms with E-state index in [4.69, 9.17) is 16.3 Å². The fourth-order valence-corrected chi connectivity index (χ4v) is 2.99. The Morgan fingerprint density at radius 2 is 1.71 bits per heavy atom. The number of para-hydroxylation sites is 1. The van der Waals surface area contributed by atoms with Gasteiger partial charge in [0, 0.05) is 5.69 Å². The summed E-state index contributed by atoms with van der Waals surface area (Å²) in [6.45, 7) is 1.81. The van der Waals surface area contributed by atoms with E-state index in [0.29, 0.717) is 27.7 Å². The number of anilines is 2. The molecule has 3 amide bonds. The van der Waals surface area contributed by atoms with Crippen LogP contribution in [0.2, 0.25) is 5.02 Å². The number of carbonyl (C=O) groups excluding carboxylic acids is 3. The zero-order valence-electron chi connectivity index (χ0n) is 18.4. The molecular weight excluding hydrogens is 456 g/mol. The summed E-state index contributed by atoms with van der Waals surface area (Å²) in [6.07, 6.45) is 2.24. The highest BCUT2D eigenvalue weighted by atomic mass is 35.5. The number of hydrogen-bond donors (Lipinski definition) is 3. The number of rotatable bonds is 8. The summed E-state index contributed by atoms with van der Waals surface area (Å²) in [7, 11) is 0. The Morgan fingerprint density at radius 1 is 0.941 bits per heavy atom. The number of nitrogens with zero attached hydrogens (tertiary/aromatic N) is 1. The van der Waals surface area contributed by atoms with Gasteiger partial charge >= 0.3 is 11.8 Å². The van der Waals surface area contributed by atoms with Crippen molar-refractivity contribution < 1.29 is 19.1 Å². The predicted octanol–water partition coefficient (Wildman–Crippen LogP) is 4.01. The maximum atomic E-state index is 12.1. The number of ether oxygens (including phenoxy) is 1. The number of amides is 3. The molecule has 0 bridgehead atoms. The van der Waals surface area contributed by atoms with Crippen LogP contribution in [0.3, 0.4) is 0 Å². The molecule has 174 valence electrons. The summed E-state index contributed by atoms with van der Waals surface area (Å²) in [6, 6.07) is 20.8. The van der Waals surface area contributed by atoms with Gasteiger partial charge in [0.1, 0.15) is 5.75 Å². The van der Waals surface area contributed by atoms with E-state index >= 15 is 0 Å². The molecule has 0 spiro atoms. The number of benzene rings is 3. The van der Waals surface area contributed by atoms with Crippen LogP contribution in [-0.2, 0) is 20.8 Å². The second-order valence-corrected chi connectivity index (χ2v) is 7.50. The van der Waals surface area contributed by atoms with Crippen molar-refractivity contribution in [3.63, 3.8) is 0 Å². The molecule has 9 heteroatoms. The Balaban J connectivity index is 1.47. The van der Waals surface area contributed by atoms with Gasteiger partial charge in [-0.05, 0) is 53.9 Å². The standard InChI is InChI=1S/C25H23ClN4O4/c1-2-17-10-12-19(13-11-17)28-24(32)25(33)30-27-15-18-6-5-7-20(14-18)34-16-23(31)29-22-9-4-3-8-21(22)26/h3-15H,2,16H2,1H3,(H,28,32)(H,29,31)(H,30,33)/b27-15-. The number of hydrazone groups is 1. The van der Waals surface area contributed by atoms with Gasteiger partial charge in [0.15, 0.2) is 6.61 Å². The third-order valence-electron chi connectivity index (χ3n) is 4.58. The molecule has 0 saturated heterocycles. The lowest BCUT2D eigenvalue weighted by Gasteiger charge is -2.09. The lowest BCUT2D eigenvalue weighted by Crippen LogP contribution is -2.32. The second-order valence-electron chi connectivity index (χ2n) is 7.09. The smallest absolute Gasteiger partial charge is 0.329 e. The van der Waals surface area contributed by atoms with Gasteiger partial charge in [0.25, 0.3) is 5.91 Å². The monoisotopic (exact) mass is 478 g/mol. The summed E-state index contributed by atoms with van der Waals surface area (Å²) in [5.41, 5.74) is 4.91. The number of nitrogens with one attached hydrogen (secondary N) is 3. The molecule has 0 fully saturated rings. The van der Waals surface area contributed by atoms with E-state index in [9.17, 15) is 14.4 Å². The summed E-state index contributed by atoms with van der Waals surface area (Å²) in [5, 5.41) is 9.40. The van der Waals surface area contributed by atoms with Gasteiger partial charge in [-0.15, -0.1) is 0 Å². The number of aryl methyl sites for hydroxylation is 1. The third-order valence-corrected chi connectivity index (χ3v) is 4.91. The normalized spacial score (nSPS) is 10.5. The van der Waals surface area contributed by atoms with Gasteiger partial charge in [-0.25, -0.2) is 5.43 Å². The van der Waals surface area contributed by atoms with E-state index in [-0.39, 0.29) is 12.5 Å². The van der Waals surface area contributed by atoms with Crippen molar-refractivity contribution in [2.75, 3.05) is 17.2 Å². The van der Waals surface area contributed by atoms with Gasteiger partial charge in [-0.2, -0.15) is 5.10 Å². The topological polar surface area (TPSA) is 109 Å². The van der Waals surface area contributed by atoms with Crippen molar-refractivity contribution >= 4 is 46.9 Å². The minimum Gasteiger partial charge on any atom is -0.484 e. The first-order valence-corrected chi connectivity index (χ1v) is 10.8. The van der Waals surface area contributed by atoms with Crippen LogP contribution in [0, 0.1) is 0 Å². The van der Waals surface area contributed by atoms with Crippen LogP contribution in [0.15, 0.2) is 77.9 Å². The maximum absolute atomic E-state index is 12.1. The highest BCUT2D eigenvalue weighted by molar-refractivity contribution is 6.39. The lowest BCUT2D eigenvalue weighted by atomic mass is 10.1. The van der Waals surface area contributed by atoms with E-state index in [1.165, 1.54) is 6.21 Å². The highest BCUT2D eigenvalue weighted by Gasteiger charge is 2.12. The molecule has 8 nitrogen and oxygen atoms in total. The van der Waals surface area contributed by atoms with Gasteiger partial charge in [0.05, 0.1) is 16.9 Å². The SMILES string of the molecule is CCc1ccc(NC(=O)C(=O)N/N=C\c2cccc(OCC(=O)Nc3ccccc3Cl)c2)cc1. The fourth-order valence-electron chi connectivity index (χ4n) is 2.81.